The number of hydrogen-bond acceptors (Lipinski definition) is 1. The summed E-state index contributed by atoms with van der Waals surface area (Å²) >= 11 is 0. The van der Waals surface area contributed by atoms with Crippen LogP contribution in [0, 0.1) is 11.8 Å². The molecule has 0 aliphatic carbocycles. The topological polar surface area (TPSA) is 37.3 Å². The molecule has 19 heavy (non-hydrogen) atoms. The second kappa shape index (κ2) is 6.06. The van der Waals surface area contributed by atoms with Crippen molar-refractivity contribution in [2.45, 2.75) is 26.2 Å². The monoisotopic (exact) mass is 252 g/mol. The summed E-state index contributed by atoms with van der Waals surface area (Å²) in [6, 6.07) is 11.1. The molecule has 96 valence electrons. The normalized spacial score (nSPS) is 9.95. The molecule has 2 heteroatoms. The summed E-state index contributed by atoms with van der Waals surface area (Å²) in [5.41, 5.74) is 1.09. The molecule has 0 fully saturated rings. The highest BCUT2D eigenvalue weighted by Crippen LogP contribution is 2.20. The van der Waals surface area contributed by atoms with Gasteiger partial charge in [-0.15, -0.1) is 0 Å². The van der Waals surface area contributed by atoms with Crippen molar-refractivity contribution in [3.05, 3.63) is 47.5 Å². The van der Waals surface area contributed by atoms with Crippen LogP contribution in [0.15, 0.2) is 36.4 Å². The van der Waals surface area contributed by atoms with E-state index in [2.05, 4.69) is 18.8 Å². The molecular formula is C17H16O2. The Labute approximate surface area is 113 Å². The Kier molecular flexibility index (Phi) is 4.20. The average molecular weight is 252 g/mol. The predicted molar refractivity (Wildman–Crippen MR) is 77.3 cm³/mol. The lowest BCUT2D eigenvalue weighted by Gasteiger charge is -2.03. The fourth-order valence-corrected chi connectivity index (χ4v) is 1.96. The van der Waals surface area contributed by atoms with Gasteiger partial charge in [-0.05, 0) is 29.3 Å². The molecule has 0 heterocycles. The Bertz CT molecular complexity index is 660. The second-order valence-corrected chi connectivity index (χ2v) is 4.46. The molecule has 2 aromatic carbocycles. The Balaban J connectivity index is 2.49. The van der Waals surface area contributed by atoms with Gasteiger partial charge in [-0.25, -0.2) is 4.79 Å². The van der Waals surface area contributed by atoms with Crippen LogP contribution < -0.4 is 0 Å². The van der Waals surface area contributed by atoms with Gasteiger partial charge in [0.25, 0.3) is 0 Å². The molecule has 0 amide bonds. The number of fused-ring (bicyclic) bond motifs is 1. The molecule has 0 unspecified atom stereocenters. The number of benzene rings is 2. The van der Waals surface area contributed by atoms with Crippen molar-refractivity contribution >= 4 is 16.7 Å². The minimum Gasteiger partial charge on any atom is -0.478 e. The number of rotatable bonds is 3. The largest absolute Gasteiger partial charge is 0.478 e. The van der Waals surface area contributed by atoms with Crippen molar-refractivity contribution in [1.82, 2.24) is 0 Å². The van der Waals surface area contributed by atoms with Crippen molar-refractivity contribution in [2.24, 2.45) is 0 Å². The molecule has 2 rings (SSSR count). The van der Waals surface area contributed by atoms with E-state index >= 15 is 0 Å². The number of unbranched alkanes of at least 4 members (excludes halogenated alkanes) is 2. The third-order valence-corrected chi connectivity index (χ3v) is 2.99. The number of hydrogen-bond donors (Lipinski definition) is 1. The van der Waals surface area contributed by atoms with Crippen molar-refractivity contribution in [1.29, 1.82) is 0 Å². The first-order chi connectivity index (χ1) is 9.22. The first-order valence-corrected chi connectivity index (χ1v) is 6.47. The van der Waals surface area contributed by atoms with Gasteiger partial charge in [-0.1, -0.05) is 49.5 Å². The predicted octanol–water partition coefficient (Wildman–Crippen LogP) is 4.08. The smallest absolute Gasteiger partial charge is 0.335 e. The van der Waals surface area contributed by atoms with Crippen molar-refractivity contribution in [3.63, 3.8) is 0 Å². The van der Waals surface area contributed by atoms with Gasteiger partial charge in [0.1, 0.15) is 0 Å². The Morgan fingerprint density at radius 3 is 2.79 bits per heavy atom. The summed E-state index contributed by atoms with van der Waals surface area (Å²) in [5, 5.41) is 11.1. The van der Waals surface area contributed by atoms with E-state index in [-0.39, 0.29) is 0 Å². The van der Waals surface area contributed by atoms with Crippen LogP contribution in [-0.2, 0) is 0 Å². The van der Waals surface area contributed by atoms with Crippen LogP contribution in [-0.4, -0.2) is 11.1 Å². The fraction of sp³-hybridized carbons (Fsp3) is 0.235. The molecule has 2 aromatic rings. The highest BCUT2D eigenvalue weighted by atomic mass is 16.4. The van der Waals surface area contributed by atoms with Crippen LogP contribution in [0.1, 0.15) is 42.1 Å². The van der Waals surface area contributed by atoms with E-state index in [4.69, 9.17) is 5.11 Å². The third-order valence-electron chi connectivity index (χ3n) is 2.99. The molecule has 0 spiro atoms. The molecule has 0 radical (unpaired) electrons. The highest BCUT2D eigenvalue weighted by Gasteiger charge is 2.07. The zero-order valence-corrected chi connectivity index (χ0v) is 10.9. The lowest BCUT2D eigenvalue weighted by molar-refractivity contribution is 0.0697. The molecule has 0 bridgehead atoms. The second-order valence-electron chi connectivity index (χ2n) is 4.46. The number of carboxylic acids is 1. The molecule has 0 atom stereocenters. The van der Waals surface area contributed by atoms with E-state index in [1.54, 1.807) is 12.1 Å². The lowest BCUT2D eigenvalue weighted by atomic mass is 10.0. The van der Waals surface area contributed by atoms with E-state index in [9.17, 15) is 4.79 Å². The van der Waals surface area contributed by atoms with Gasteiger partial charge < -0.3 is 5.11 Å². The summed E-state index contributed by atoms with van der Waals surface area (Å²) in [5.74, 6) is 5.31. The van der Waals surface area contributed by atoms with Gasteiger partial charge in [0, 0.05) is 12.0 Å². The zero-order valence-electron chi connectivity index (χ0n) is 10.9. The van der Waals surface area contributed by atoms with Gasteiger partial charge in [0.2, 0.25) is 0 Å². The Morgan fingerprint density at radius 1 is 1.26 bits per heavy atom. The molecule has 0 aromatic heterocycles. The Morgan fingerprint density at radius 2 is 2.05 bits per heavy atom. The van der Waals surface area contributed by atoms with Crippen LogP contribution in [0.25, 0.3) is 10.8 Å². The maximum atomic E-state index is 11.1. The highest BCUT2D eigenvalue weighted by molar-refractivity contribution is 5.97. The number of aromatic carboxylic acids is 1. The summed E-state index contributed by atoms with van der Waals surface area (Å²) in [4.78, 5) is 11.1. The molecular weight excluding hydrogens is 236 g/mol. The van der Waals surface area contributed by atoms with Crippen molar-refractivity contribution in [2.75, 3.05) is 0 Å². The summed E-state index contributed by atoms with van der Waals surface area (Å²) < 4.78 is 0. The Hall–Kier alpha value is -2.27. The van der Waals surface area contributed by atoms with E-state index in [0.29, 0.717) is 5.56 Å². The molecule has 1 N–H and O–H groups in total. The van der Waals surface area contributed by atoms with Gasteiger partial charge in [0.05, 0.1) is 5.56 Å². The van der Waals surface area contributed by atoms with Crippen LogP contribution >= 0.6 is 0 Å². The molecule has 0 aliphatic heterocycles. The minimum absolute atomic E-state index is 0.290. The molecule has 0 aliphatic rings. The van der Waals surface area contributed by atoms with E-state index < -0.39 is 5.97 Å². The quantitative estimate of drug-likeness (QED) is 0.660. The zero-order chi connectivity index (χ0) is 13.7. The maximum Gasteiger partial charge on any atom is 0.335 e. The average Bonchev–Trinajstić information content (AvgIpc) is 2.43. The first-order valence-electron chi connectivity index (χ1n) is 6.47. The van der Waals surface area contributed by atoms with Crippen LogP contribution in [0.5, 0.6) is 0 Å². The van der Waals surface area contributed by atoms with E-state index in [1.807, 2.05) is 24.3 Å². The maximum absolute atomic E-state index is 11.1. The van der Waals surface area contributed by atoms with Gasteiger partial charge in [-0.3, -0.25) is 0 Å². The summed E-state index contributed by atoms with van der Waals surface area (Å²) in [6.07, 6.45) is 3.04. The number of carbonyl (C=O) groups is 1. The van der Waals surface area contributed by atoms with Crippen LogP contribution in [0.2, 0.25) is 0 Å². The first kappa shape index (κ1) is 13.2. The minimum atomic E-state index is -0.914. The fourth-order valence-electron chi connectivity index (χ4n) is 1.96. The third kappa shape index (κ3) is 3.14. The summed E-state index contributed by atoms with van der Waals surface area (Å²) in [6.45, 7) is 2.13. The van der Waals surface area contributed by atoms with Crippen LogP contribution in [0.3, 0.4) is 0 Å². The van der Waals surface area contributed by atoms with Gasteiger partial charge in [0.15, 0.2) is 0 Å². The number of carboxylic acid groups (broad SMARTS) is 1. The SMILES string of the molecule is CCCCC#Cc1cc(C(=O)O)cc2ccccc12. The summed E-state index contributed by atoms with van der Waals surface area (Å²) in [7, 11) is 0. The molecule has 2 nitrogen and oxygen atoms in total. The van der Waals surface area contributed by atoms with Gasteiger partial charge in [-0.2, -0.15) is 0 Å². The van der Waals surface area contributed by atoms with E-state index in [0.717, 1.165) is 35.6 Å². The van der Waals surface area contributed by atoms with E-state index in [1.165, 1.54) is 0 Å². The van der Waals surface area contributed by atoms with Crippen molar-refractivity contribution in [3.8, 4) is 11.8 Å². The molecule has 0 saturated carbocycles. The standard InChI is InChI=1S/C17H16O2/c1-2-3-4-5-8-13-11-15(17(18)19)12-14-9-6-7-10-16(13)14/h6-7,9-12H,2-4H2,1H3,(H,18,19). The van der Waals surface area contributed by atoms with Crippen molar-refractivity contribution < 1.29 is 9.90 Å². The molecule has 0 saturated heterocycles. The lowest BCUT2D eigenvalue weighted by Crippen LogP contribution is -1.97. The van der Waals surface area contributed by atoms with Gasteiger partial charge >= 0.3 is 5.97 Å². The van der Waals surface area contributed by atoms with Crippen LogP contribution in [0.4, 0.5) is 0 Å².